The number of urea groups is 1. The van der Waals surface area contributed by atoms with Crippen molar-refractivity contribution in [3.05, 3.63) is 34.9 Å². The van der Waals surface area contributed by atoms with Gasteiger partial charge in [0.05, 0.1) is 39.1 Å². The van der Waals surface area contributed by atoms with E-state index in [1.807, 2.05) is 18.2 Å². The number of alkyl halides is 1. The Labute approximate surface area is 296 Å². The van der Waals surface area contributed by atoms with Crippen LogP contribution in [0.2, 0.25) is 5.02 Å². The van der Waals surface area contributed by atoms with E-state index in [1.54, 1.807) is 20.2 Å². The first-order chi connectivity index (χ1) is 23.6. The molecule has 49 heavy (non-hydrogen) atoms. The molecule has 274 valence electrons. The maximum absolute atomic E-state index is 16.1. The van der Waals surface area contributed by atoms with Gasteiger partial charge in [0.1, 0.15) is 0 Å². The molecule has 3 N–H and O–H groups in total. The highest BCUT2D eigenvalue weighted by molar-refractivity contribution is 7.23. The molecule has 3 fully saturated rings. The van der Waals surface area contributed by atoms with E-state index in [1.165, 1.54) is 7.11 Å². The van der Waals surface area contributed by atoms with Crippen molar-refractivity contribution in [2.75, 3.05) is 72.7 Å². The van der Waals surface area contributed by atoms with Crippen molar-refractivity contribution in [3.63, 3.8) is 0 Å². The highest BCUT2D eigenvalue weighted by Gasteiger charge is 2.46. The van der Waals surface area contributed by atoms with Crippen molar-refractivity contribution in [2.24, 2.45) is 11.8 Å². The van der Waals surface area contributed by atoms with Gasteiger partial charge in [0, 0.05) is 56.8 Å². The first-order valence-electron chi connectivity index (χ1n) is 17.4. The maximum atomic E-state index is 16.1. The zero-order valence-electron chi connectivity index (χ0n) is 28.4. The number of carbonyl (C=O) groups is 4. The van der Waals surface area contributed by atoms with Crippen LogP contribution in [0, 0.1) is 11.8 Å². The third-order valence-corrected chi connectivity index (χ3v) is 10.4. The summed E-state index contributed by atoms with van der Waals surface area (Å²) in [6, 6.07) is 5.68. The van der Waals surface area contributed by atoms with Crippen LogP contribution in [-0.2, 0) is 23.8 Å². The Kier molecular flexibility index (Phi) is 15.8. The zero-order chi connectivity index (χ0) is 35.2. The van der Waals surface area contributed by atoms with Gasteiger partial charge in [-0.3, -0.25) is 14.5 Å². The minimum Gasteiger partial charge on any atom is -0.453 e. The van der Waals surface area contributed by atoms with E-state index in [0.717, 1.165) is 57.2 Å². The van der Waals surface area contributed by atoms with Crippen LogP contribution >= 0.6 is 20.8 Å². The van der Waals surface area contributed by atoms with Crippen LogP contribution in [0.3, 0.4) is 0 Å². The number of hydrogen-bond acceptors (Lipinski definition) is 8. The number of amides is 4. The monoisotopic (exact) mass is 727 g/mol. The van der Waals surface area contributed by atoms with Crippen LogP contribution in [-0.4, -0.2) is 118 Å². The molecule has 0 bridgehead atoms. The van der Waals surface area contributed by atoms with Crippen molar-refractivity contribution in [1.29, 1.82) is 0 Å². The second-order valence-corrected chi connectivity index (χ2v) is 14.4. The summed E-state index contributed by atoms with van der Waals surface area (Å²) in [4.78, 5) is 55.9. The fraction of sp³-hybridized carbons (Fsp3) is 0.706. The van der Waals surface area contributed by atoms with Gasteiger partial charge < -0.3 is 35.1 Å². The summed E-state index contributed by atoms with van der Waals surface area (Å²) in [6.07, 6.45) is 5.62. The number of hydrogen-bond donors (Lipinski definition) is 3. The molecule has 2 saturated heterocycles. The van der Waals surface area contributed by atoms with Crippen LogP contribution in [0.5, 0.6) is 0 Å². The van der Waals surface area contributed by atoms with E-state index in [9.17, 15) is 19.2 Å². The second-order valence-electron chi connectivity index (χ2n) is 13.1. The minimum atomic E-state index is -2.90. The fourth-order valence-electron chi connectivity index (χ4n) is 6.92. The molecular formula is C34H52ClFN5O7P. The van der Waals surface area contributed by atoms with Crippen molar-refractivity contribution in [1.82, 2.24) is 25.8 Å². The number of halogens is 2. The molecule has 1 aliphatic carbocycles. The number of benzene rings is 1. The second kappa shape index (κ2) is 19.7. The van der Waals surface area contributed by atoms with Crippen molar-refractivity contribution >= 4 is 44.7 Å². The Hall–Kier alpha value is -2.57. The average molecular weight is 728 g/mol. The lowest BCUT2D eigenvalue weighted by molar-refractivity contribution is -0.139. The standard InChI is InChI=1S/C34H52ClFN5O7P/c1-46-33(45)38-13-18-48-29(25-9-5-11-27(35)22-25)26-10-6-14-41(23-26)32(44)39-28(21-24-7-3-2-4-8-24)30(42)34(36,49)31(43)37-12-15-40-16-19-47-20-17-40/h5,9,11,22,24,26,28-29H,2-4,6-8,10,12-21,23,49H2,1H3,(H,37,43)(H,38,45)(H,39,44). The predicted octanol–water partition coefficient (Wildman–Crippen LogP) is 4.07. The molecule has 5 atom stereocenters. The van der Waals surface area contributed by atoms with Crippen LogP contribution in [0.15, 0.2) is 24.3 Å². The largest absolute Gasteiger partial charge is 0.453 e. The number of nitrogens with one attached hydrogen (secondary N) is 3. The summed E-state index contributed by atoms with van der Waals surface area (Å²) in [6.45, 7) is 4.56. The molecule has 2 heterocycles. The van der Waals surface area contributed by atoms with E-state index in [4.69, 9.17) is 21.1 Å². The molecule has 1 aromatic rings. The fourth-order valence-corrected chi connectivity index (χ4v) is 7.42. The lowest BCUT2D eigenvalue weighted by Crippen LogP contribution is -2.57. The molecule has 15 heteroatoms. The number of rotatable bonds is 15. The Bertz CT molecular complexity index is 1250. The molecule has 3 aliphatic rings. The molecule has 0 aromatic heterocycles. The molecule has 1 aromatic carbocycles. The maximum Gasteiger partial charge on any atom is 0.406 e. The Balaban J connectivity index is 1.42. The number of morpholine rings is 1. The van der Waals surface area contributed by atoms with Gasteiger partial charge in [0.2, 0.25) is 5.78 Å². The van der Waals surface area contributed by atoms with Gasteiger partial charge in [0.25, 0.3) is 11.3 Å². The molecule has 0 radical (unpaired) electrons. The number of ketones is 1. The van der Waals surface area contributed by atoms with E-state index in [-0.39, 0.29) is 38.0 Å². The molecule has 12 nitrogen and oxygen atoms in total. The predicted molar refractivity (Wildman–Crippen MR) is 187 cm³/mol. The topological polar surface area (TPSA) is 139 Å². The van der Waals surface area contributed by atoms with Gasteiger partial charge in [-0.25, -0.2) is 14.0 Å². The Morgan fingerprint density at radius 1 is 1.06 bits per heavy atom. The lowest BCUT2D eigenvalue weighted by atomic mass is 9.83. The minimum absolute atomic E-state index is 0.122. The number of likely N-dealkylation sites (tertiary alicyclic amines) is 1. The van der Waals surface area contributed by atoms with Gasteiger partial charge in [-0.15, -0.1) is 0 Å². The van der Waals surface area contributed by atoms with Gasteiger partial charge in [0.15, 0.2) is 0 Å². The normalized spacial score (nSPS) is 21.6. The number of carbonyl (C=O) groups excluding carboxylic acids is 4. The highest BCUT2D eigenvalue weighted by atomic mass is 35.5. The summed E-state index contributed by atoms with van der Waals surface area (Å²) in [7, 11) is 3.09. The highest BCUT2D eigenvalue weighted by Crippen LogP contribution is 2.35. The van der Waals surface area contributed by atoms with Gasteiger partial charge in [-0.1, -0.05) is 65.1 Å². The van der Waals surface area contributed by atoms with Crippen LogP contribution in [0.1, 0.15) is 63.0 Å². The third kappa shape index (κ3) is 12.0. The quantitative estimate of drug-likeness (QED) is 0.140. The van der Waals surface area contributed by atoms with Gasteiger partial charge in [-0.05, 0) is 42.9 Å². The van der Waals surface area contributed by atoms with E-state index in [0.29, 0.717) is 44.3 Å². The van der Waals surface area contributed by atoms with E-state index < -0.39 is 41.4 Å². The number of methoxy groups -OCH3 is 1. The summed E-state index contributed by atoms with van der Waals surface area (Å²) in [5.41, 5.74) is 0.841. The third-order valence-electron chi connectivity index (χ3n) is 9.62. The lowest BCUT2D eigenvalue weighted by Gasteiger charge is -2.38. The van der Waals surface area contributed by atoms with E-state index >= 15 is 4.39 Å². The van der Waals surface area contributed by atoms with Crippen molar-refractivity contribution < 1.29 is 37.8 Å². The van der Waals surface area contributed by atoms with Crippen LogP contribution in [0.4, 0.5) is 14.0 Å². The SMILES string of the molecule is COC(=O)NCCOC(c1cccc(Cl)c1)C1CCCN(C(=O)NC(CC2CCCCC2)C(=O)C(F)(P)C(=O)NCCN2CCOCC2)C1. The number of ether oxygens (including phenoxy) is 3. The molecule has 4 rings (SSSR count). The number of alkyl carbamates (subject to hydrolysis) is 1. The molecule has 4 amide bonds. The summed E-state index contributed by atoms with van der Waals surface area (Å²) < 4.78 is 32.3. The molecule has 2 aliphatic heterocycles. The van der Waals surface area contributed by atoms with Gasteiger partial charge >= 0.3 is 12.1 Å². The molecule has 5 unspecified atom stereocenters. The smallest absolute Gasteiger partial charge is 0.406 e. The first kappa shape index (κ1) is 39.2. The summed E-state index contributed by atoms with van der Waals surface area (Å²) >= 11 is 6.32. The molecular weight excluding hydrogens is 676 g/mol. The van der Waals surface area contributed by atoms with Crippen molar-refractivity contribution in [3.8, 4) is 0 Å². The van der Waals surface area contributed by atoms with Gasteiger partial charge in [-0.2, -0.15) is 0 Å². The summed E-state index contributed by atoms with van der Waals surface area (Å²) in [5.74, 6) is -1.98. The van der Waals surface area contributed by atoms with E-state index in [2.05, 4.69) is 25.6 Å². The zero-order valence-corrected chi connectivity index (χ0v) is 30.3. The molecule has 1 saturated carbocycles. The number of nitrogens with zero attached hydrogens (tertiary/aromatic N) is 2. The molecule has 0 spiro atoms. The number of piperidine rings is 1. The Morgan fingerprint density at radius 2 is 1.82 bits per heavy atom. The van der Waals surface area contributed by atoms with Crippen molar-refractivity contribution in [2.45, 2.75) is 68.9 Å². The Morgan fingerprint density at radius 3 is 2.53 bits per heavy atom. The van der Waals surface area contributed by atoms with Crippen LogP contribution < -0.4 is 16.0 Å². The van der Waals surface area contributed by atoms with Crippen LogP contribution in [0.25, 0.3) is 0 Å². The average Bonchev–Trinajstić information content (AvgIpc) is 3.11. The first-order valence-corrected chi connectivity index (χ1v) is 18.4. The number of Topliss-reactive ketones (excluding diaryl/α,β-unsaturated/α-hetero) is 1. The summed E-state index contributed by atoms with van der Waals surface area (Å²) in [5, 5.41) is 5.68.